The molecule has 1 saturated heterocycles. The highest BCUT2D eigenvalue weighted by atomic mass is 19.4. The lowest BCUT2D eigenvalue weighted by Gasteiger charge is -2.19. The zero-order valence-electron chi connectivity index (χ0n) is 10.9. The zero-order chi connectivity index (χ0) is 14.3. The number of hydrogen-bond donors (Lipinski definition) is 0. The molecule has 2 nitrogen and oxygen atoms in total. The molecule has 3 rings (SSSR count). The summed E-state index contributed by atoms with van der Waals surface area (Å²) >= 11 is 0. The number of hydrogen-bond acceptors (Lipinski definition) is 1. The molecule has 1 aromatic carbocycles. The fourth-order valence-electron chi connectivity index (χ4n) is 3.79. The number of nitrogens with zero attached hydrogens (tertiary/aromatic N) is 1. The standard InChI is InChI=1S/C15H16F3NO/c16-15(17,18)14-4-2-1-3-13(14)10-5-11-7-19(9-20)8-12(11)6-10/h1-4,9-12H,5-8H2/t10?,11-,12+. The minimum absolute atomic E-state index is 0.0309. The molecule has 2 fully saturated rings. The highest BCUT2D eigenvalue weighted by Crippen LogP contribution is 2.48. The van der Waals surface area contributed by atoms with Gasteiger partial charge in [0.2, 0.25) is 6.41 Å². The van der Waals surface area contributed by atoms with Crippen LogP contribution in [0.2, 0.25) is 0 Å². The molecular weight excluding hydrogens is 267 g/mol. The van der Waals surface area contributed by atoms with Crippen LogP contribution in [0, 0.1) is 11.8 Å². The van der Waals surface area contributed by atoms with Crippen molar-refractivity contribution < 1.29 is 18.0 Å². The fraction of sp³-hybridized carbons (Fsp3) is 0.533. The van der Waals surface area contributed by atoms with Gasteiger partial charge in [-0.1, -0.05) is 18.2 Å². The van der Waals surface area contributed by atoms with E-state index in [1.54, 1.807) is 17.0 Å². The maximum Gasteiger partial charge on any atom is 0.416 e. The van der Waals surface area contributed by atoms with Gasteiger partial charge in [-0.05, 0) is 42.2 Å². The van der Waals surface area contributed by atoms with E-state index in [0.29, 0.717) is 30.5 Å². The van der Waals surface area contributed by atoms with Crippen molar-refractivity contribution in [2.24, 2.45) is 11.8 Å². The Bertz CT molecular complexity index is 500. The van der Waals surface area contributed by atoms with E-state index in [2.05, 4.69) is 0 Å². The lowest BCUT2D eigenvalue weighted by Crippen LogP contribution is -2.20. The first-order valence-electron chi connectivity index (χ1n) is 6.84. The molecule has 5 heteroatoms. The summed E-state index contributed by atoms with van der Waals surface area (Å²) in [6.45, 7) is 1.39. The Morgan fingerprint density at radius 3 is 2.25 bits per heavy atom. The Morgan fingerprint density at radius 2 is 1.70 bits per heavy atom. The molecule has 1 amide bonds. The quantitative estimate of drug-likeness (QED) is 0.763. The highest BCUT2D eigenvalue weighted by molar-refractivity contribution is 5.48. The fourth-order valence-corrected chi connectivity index (χ4v) is 3.79. The van der Waals surface area contributed by atoms with Crippen LogP contribution in [-0.4, -0.2) is 24.4 Å². The lowest BCUT2D eigenvalue weighted by atomic mass is 9.91. The van der Waals surface area contributed by atoms with Crippen molar-refractivity contribution in [1.82, 2.24) is 4.90 Å². The number of rotatable bonds is 2. The van der Waals surface area contributed by atoms with Crippen LogP contribution in [-0.2, 0) is 11.0 Å². The van der Waals surface area contributed by atoms with Crippen LogP contribution in [0.25, 0.3) is 0 Å². The first-order valence-corrected chi connectivity index (χ1v) is 6.84. The van der Waals surface area contributed by atoms with Gasteiger partial charge in [0.05, 0.1) is 5.56 Å². The average Bonchev–Trinajstić information content (AvgIpc) is 2.95. The average molecular weight is 283 g/mol. The molecule has 1 aliphatic heterocycles. The third-order valence-electron chi connectivity index (χ3n) is 4.63. The highest BCUT2D eigenvalue weighted by Gasteiger charge is 2.43. The summed E-state index contributed by atoms with van der Waals surface area (Å²) in [5.74, 6) is 0.676. The second-order valence-electron chi connectivity index (χ2n) is 5.83. The molecule has 2 aliphatic rings. The van der Waals surface area contributed by atoms with Crippen molar-refractivity contribution in [3.63, 3.8) is 0 Å². The van der Waals surface area contributed by atoms with Gasteiger partial charge in [-0.15, -0.1) is 0 Å². The largest absolute Gasteiger partial charge is 0.416 e. The van der Waals surface area contributed by atoms with E-state index in [0.717, 1.165) is 19.3 Å². The number of likely N-dealkylation sites (tertiary alicyclic amines) is 1. The van der Waals surface area contributed by atoms with Crippen molar-refractivity contribution in [1.29, 1.82) is 0 Å². The van der Waals surface area contributed by atoms with E-state index in [1.807, 2.05) is 0 Å². The van der Waals surface area contributed by atoms with Gasteiger partial charge < -0.3 is 4.90 Å². The van der Waals surface area contributed by atoms with Crippen molar-refractivity contribution >= 4 is 6.41 Å². The Morgan fingerprint density at radius 1 is 1.10 bits per heavy atom. The van der Waals surface area contributed by atoms with Crippen LogP contribution in [0.1, 0.15) is 29.9 Å². The molecule has 0 radical (unpaired) electrons. The molecule has 1 aromatic rings. The Labute approximate surface area is 115 Å². The number of halogens is 3. The zero-order valence-corrected chi connectivity index (χ0v) is 10.9. The predicted octanol–water partition coefficient (Wildman–Crippen LogP) is 3.29. The van der Waals surface area contributed by atoms with Gasteiger partial charge in [-0.3, -0.25) is 4.79 Å². The summed E-state index contributed by atoms with van der Waals surface area (Å²) in [5, 5.41) is 0. The van der Waals surface area contributed by atoms with E-state index in [-0.39, 0.29) is 5.92 Å². The molecule has 1 unspecified atom stereocenters. The van der Waals surface area contributed by atoms with Crippen LogP contribution in [0.4, 0.5) is 13.2 Å². The smallest absolute Gasteiger partial charge is 0.345 e. The van der Waals surface area contributed by atoms with Crippen molar-refractivity contribution in [3.05, 3.63) is 35.4 Å². The molecule has 0 spiro atoms. The van der Waals surface area contributed by atoms with Crippen LogP contribution in [0.15, 0.2) is 24.3 Å². The second-order valence-corrected chi connectivity index (χ2v) is 5.83. The van der Waals surface area contributed by atoms with E-state index in [1.165, 1.54) is 12.1 Å². The first-order chi connectivity index (χ1) is 9.49. The second kappa shape index (κ2) is 4.79. The third-order valence-corrected chi connectivity index (χ3v) is 4.63. The number of carbonyl (C=O) groups excluding carboxylic acids is 1. The molecule has 1 aliphatic carbocycles. The molecular formula is C15H16F3NO. The lowest BCUT2D eigenvalue weighted by molar-refractivity contribution is -0.138. The normalized spacial score (nSPS) is 29.6. The summed E-state index contributed by atoms with van der Waals surface area (Å²) in [6, 6.07) is 5.89. The first kappa shape index (κ1) is 13.5. The van der Waals surface area contributed by atoms with E-state index >= 15 is 0 Å². The van der Waals surface area contributed by atoms with Crippen molar-refractivity contribution in [3.8, 4) is 0 Å². The molecule has 0 bridgehead atoms. The molecule has 108 valence electrons. The summed E-state index contributed by atoms with van der Waals surface area (Å²) in [4.78, 5) is 12.5. The minimum Gasteiger partial charge on any atom is -0.345 e. The van der Waals surface area contributed by atoms with E-state index < -0.39 is 11.7 Å². The summed E-state index contributed by atoms with van der Waals surface area (Å²) in [5.41, 5.74) is -0.0794. The molecule has 1 heterocycles. The monoisotopic (exact) mass is 283 g/mol. The van der Waals surface area contributed by atoms with E-state index in [9.17, 15) is 18.0 Å². The molecule has 20 heavy (non-hydrogen) atoms. The Hall–Kier alpha value is -1.52. The van der Waals surface area contributed by atoms with Gasteiger partial charge in [0, 0.05) is 13.1 Å². The van der Waals surface area contributed by atoms with Crippen LogP contribution < -0.4 is 0 Å². The molecule has 0 aromatic heterocycles. The Balaban J connectivity index is 1.82. The van der Waals surface area contributed by atoms with Gasteiger partial charge in [0.25, 0.3) is 0 Å². The van der Waals surface area contributed by atoms with Crippen LogP contribution in [0.3, 0.4) is 0 Å². The van der Waals surface area contributed by atoms with Gasteiger partial charge >= 0.3 is 6.18 Å². The van der Waals surface area contributed by atoms with Gasteiger partial charge in [0.15, 0.2) is 0 Å². The van der Waals surface area contributed by atoms with Gasteiger partial charge in [-0.25, -0.2) is 0 Å². The van der Waals surface area contributed by atoms with Gasteiger partial charge in [0.1, 0.15) is 0 Å². The molecule has 3 atom stereocenters. The maximum absolute atomic E-state index is 13.1. The number of carbonyl (C=O) groups is 1. The van der Waals surface area contributed by atoms with Gasteiger partial charge in [-0.2, -0.15) is 13.2 Å². The van der Waals surface area contributed by atoms with E-state index in [4.69, 9.17) is 0 Å². The van der Waals surface area contributed by atoms with Crippen LogP contribution in [0.5, 0.6) is 0 Å². The van der Waals surface area contributed by atoms with Crippen molar-refractivity contribution in [2.75, 3.05) is 13.1 Å². The number of benzene rings is 1. The predicted molar refractivity (Wildman–Crippen MR) is 68.0 cm³/mol. The molecule has 0 N–H and O–H groups in total. The van der Waals surface area contributed by atoms with Crippen LogP contribution >= 0.6 is 0 Å². The number of alkyl halides is 3. The number of amides is 1. The molecule has 1 saturated carbocycles. The summed E-state index contributed by atoms with van der Waals surface area (Å²) in [7, 11) is 0. The SMILES string of the molecule is O=CN1C[C@H]2CC(c3ccccc3C(F)(F)F)C[C@H]2C1. The summed E-state index contributed by atoms with van der Waals surface area (Å²) in [6.07, 6.45) is -1.94. The van der Waals surface area contributed by atoms with Crippen molar-refractivity contribution in [2.45, 2.75) is 24.9 Å². The topological polar surface area (TPSA) is 20.3 Å². The minimum atomic E-state index is -4.29. The summed E-state index contributed by atoms with van der Waals surface area (Å²) < 4.78 is 39.2. The third kappa shape index (κ3) is 2.30. The Kier molecular flexibility index (Phi) is 3.22. The number of fused-ring (bicyclic) bond motifs is 1. The maximum atomic E-state index is 13.1.